The van der Waals surface area contributed by atoms with Crippen molar-refractivity contribution in [3.63, 3.8) is 0 Å². The number of carboxylic acids is 1. The minimum Gasteiger partial charge on any atom is -0.481 e. The number of hydrogen-bond donors (Lipinski definition) is 1. The van der Waals surface area contributed by atoms with E-state index in [0.717, 1.165) is 57.8 Å². The van der Waals surface area contributed by atoms with Gasteiger partial charge in [0.05, 0.1) is 12.8 Å². The lowest BCUT2D eigenvalue weighted by atomic mass is 9.47. The zero-order chi connectivity index (χ0) is 26.8. The van der Waals surface area contributed by atoms with Gasteiger partial charge in [0.1, 0.15) is 18.0 Å². The topological polar surface area (TPSA) is 107 Å². The molecule has 3 saturated carbocycles. The third-order valence-corrected chi connectivity index (χ3v) is 10.1. The van der Waals surface area contributed by atoms with Crippen LogP contribution >= 0.6 is 0 Å². The van der Waals surface area contributed by atoms with Crippen LogP contribution in [0.1, 0.15) is 111 Å². The fourth-order valence-electron chi connectivity index (χ4n) is 7.94. The van der Waals surface area contributed by atoms with Gasteiger partial charge in [-0.1, -0.05) is 45.6 Å². The minimum atomic E-state index is -1.03. The molecular weight excluding hydrogens is 472 g/mol. The summed E-state index contributed by atoms with van der Waals surface area (Å²) in [6.45, 7) is 6.54. The number of Topliss-reactive ketones (excluding diaryl/α,β-unsaturated/α-hetero) is 1. The Kier molecular flexibility index (Phi) is 8.49. The lowest BCUT2D eigenvalue weighted by Crippen LogP contribution is -2.55. The SMILES string of the molecule is CCCCCCC(=O)O[C@H]1CC[C@@]2(C)C(=C[C@@H](OC(=O)CCC(=O)O)C3C2CC[C@]2(C)C(=O)CCC32)C1. The lowest BCUT2D eigenvalue weighted by molar-refractivity contribution is -0.163. The summed E-state index contributed by atoms with van der Waals surface area (Å²) >= 11 is 0. The third kappa shape index (κ3) is 5.65. The molecule has 4 aliphatic carbocycles. The maximum Gasteiger partial charge on any atom is 0.306 e. The highest BCUT2D eigenvalue weighted by Crippen LogP contribution is 2.64. The molecule has 0 amide bonds. The number of fused-ring (bicyclic) bond motifs is 5. The Labute approximate surface area is 220 Å². The second kappa shape index (κ2) is 11.3. The standard InChI is InChI=1S/C30H44O7/c1-4-5-6-7-8-26(34)36-20-13-15-29(2)19(17-20)18-23(37-27(35)12-11-25(32)33)28-21-9-10-24(31)30(21,3)16-14-22(28)29/h18,20-23,28H,4-17H2,1-3H3,(H,32,33)/t20-,21?,22?,23+,28?,29-,30-/m0/s1. The zero-order valence-electron chi connectivity index (χ0n) is 22.8. The number of carbonyl (C=O) groups is 4. The van der Waals surface area contributed by atoms with Crippen LogP contribution in [0, 0.1) is 28.6 Å². The van der Waals surface area contributed by atoms with Crippen LogP contribution in [0.15, 0.2) is 11.6 Å². The highest BCUT2D eigenvalue weighted by Gasteiger charge is 2.61. The van der Waals surface area contributed by atoms with Crippen molar-refractivity contribution in [2.45, 2.75) is 123 Å². The van der Waals surface area contributed by atoms with E-state index in [-0.39, 0.29) is 53.5 Å². The Morgan fingerprint density at radius 1 is 0.919 bits per heavy atom. The predicted octanol–water partition coefficient (Wildman–Crippen LogP) is 5.79. The number of esters is 2. The minimum absolute atomic E-state index is 0.0467. The van der Waals surface area contributed by atoms with Crippen LogP contribution in [0.2, 0.25) is 0 Å². The van der Waals surface area contributed by atoms with E-state index in [9.17, 15) is 19.2 Å². The molecule has 206 valence electrons. The largest absolute Gasteiger partial charge is 0.481 e. The lowest BCUT2D eigenvalue weighted by Gasteiger charge is -2.58. The Morgan fingerprint density at radius 2 is 1.62 bits per heavy atom. The van der Waals surface area contributed by atoms with Crippen LogP contribution in [-0.4, -0.2) is 41.0 Å². The molecule has 0 spiro atoms. The summed E-state index contributed by atoms with van der Waals surface area (Å²) < 4.78 is 11.9. The number of hydrogen-bond acceptors (Lipinski definition) is 6. The molecule has 3 unspecified atom stereocenters. The molecule has 0 aromatic carbocycles. The van der Waals surface area contributed by atoms with Gasteiger partial charge in [-0.3, -0.25) is 19.2 Å². The Hall–Kier alpha value is -2.18. The number of ether oxygens (including phenoxy) is 2. The Morgan fingerprint density at radius 3 is 2.35 bits per heavy atom. The first-order valence-corrected chi connectivity index (χ1v) is 14.4. The van der Waals surface area contributed by atoms with Crippen LogP contribution in [-0.2, 0) is 28.7 Å². The van der Waals surface area contributed by atoms with Gasteiger partial charge >= 0.3 is 17.9 Å². The number of ketones is 1. The van der Waals surface area contributed by atoms with Crippen molar-refractivity contribution in [3.05, 3.63) is 11.6 Å². The molecule has 7 nitrogen and oxygen atoms in total. The van der Waals surface area contributed by atoms with Crippen LogP contribution in [0.25, 0.3) is 0 Å². The molecule has 0 aromatic rings. The molecule has 0 heterocycles. The first kappa shape index (κ1) is 27.8. The molecular formula is C30H44O7. The molecule has 7 atom stereocenters. The van der Waals surface area contributed by atoms with Crippen LogP contribution in [0.4, 0.5) is 0 Å². The van der Waals surface area contributed by atoms with E-state index in [1.54, 1.807) is 0 Å². The van der Waals surface area contributed by atoms with Gasteiger partial charge < -0.3 is 14.6 Å². The molecule has 0 bridgehead atoms. The summed E-state index contributed by atoms with van der Waals surface area (Å²) in [4.78, 5) is 49.1. The van der Waals surface area contributed by atoms with E-state index in [2.05, 4.69) is 26.8 Å². The van der Waals surface area contributed by atoms with Crippen LogP contribution in [0.3, 0.4) is 0 Å². The van der Waals surface area contributed by atoms with Gasteiger partial charge in [-0.25, -0.2) is 0 Å². The van der Waals surface area contributed by atoms with E-state index in [1.807, 2.05) is 0 Å². The first-order valence-electron chi connectivity index (χ1n) is 14.4. The second-order valence-electron chi connectivity index (χ2n) is 12.3. The number of carbonyl (C=O) groups excluding carboxylic acids is 3. The van der Waals surface area contributed by atoms with Crippen molar-refractivity contribution in [2.24, 2.45) is 28.6 Å². The molecule has 3 fully saturated rings. The average molecular weight is 517 g/mol. The van der Waals surface area contributed by atoms with E-state index in [4.69, 9.17) is 14.6 Å². The van der Waals surface area contributed by atoms with E-state index >= 15 is 0 Å². The van der Waals surface area contributed by atoms with Gasteiger partial charge in [0.2, 0.25) is 0 Å². The molecule has 0 aromatic heterocycles. The molecule has 0 radical (unpaired) electrons. The summed E-state index contributed by atoms with van der Waals surface area (Å²) in [5.41, 5.74) is 0.734. The van der Waals surface area contributed by atoms with E-state index in [1.165, 1.54) is 5.57 Å². The van der Waals surface area contributed by atoms with Gasteiger partial charge in [-0.2, -0.15) is 0 Å². The maximum absolute atomic E-state index is 12.9. The highest BCUT2D eigenvalue weighted by molar-refractivity contribution is 5.87. The number of rotatable bonds is 10. The van der Waals surface area contributed by atoms with Gasteiger partial charge in [-0.05, 0) is 61.9 Å². The van der Waals surface area contributed by atoms with Gasteiger partial charge in [0, 0.05) is 30.6 Å². The Balaban J connectivity index is 1.54. The molecule has 7 heteroatoms. The fourth-order valence-corrected chi connectivity index (χ4v) is 7.94. The number of aliphatic carboxylic acids is 1. The summed E-state index contributed by atoms with van der Waals surface area (Å²) in [6.07, 6.45) is 11.1. The van der Waals surface area contributed by atoms with Crippen LogP contribution in [0.5, 0.6) is 0 Å². The average Bonchev–Trinajstić information content (AvgIpc) is 3.15. The maximum atomic E-state index is 12.9. The van der Waals surface area contributed by atoms with Crippen molar-refractivity contribution >= 4 is 23.7 Å². The molecule has 4 aliphatic rings. The monoisotopic (exact) mass is 516 g/mol. The quantitative estimate of drug-likeness (QED) is 0.223. The fraction of sp³-hybridized carbons (Fsp3) is 0.800. The molecule has 1 N–H and O–H groups in total. The smallest absolute Gasteiger partial charge is 0.306 e. The molecule has 4 rings (SSSR count). The highest BCUT2D eigenvalue weighted by atomic mass is 16.5. The van der Waals surface area contributed by atoms with Crippen molar-refractivity contribution in [2.75, 3.05) is 0 Å². The molecule has 0 saturated heterocycles. The predicted molar refractivity (Wildman–Crippen MR) is 137 cm³/mol. The summed E-state index contributed by atoms with van der Waals surface area (Å²) in [7, 11) is 0. The van der Waals surface area contributed by atoms with E-state index in [0.29, 0.717) is 25.0 Å². The summed E-state index contributed by atoms with van der Waals surface area (Å²) in [5.74, 6) is -0.860. The van der Waals surface area contributed by atoms with Gasteiger partial charge in [-0.15, -0.1) is 0 Å². The zero-order valence-corrected chi connectivity index (χ0v) is 22.8. The van der Waals surface area contributed by atoms with Gasteiger partial charge in [0.25, 0.3) is 0 Å². The second-order valence-corrected chi connectivity index (χ2v) is 12.3. The first-order chi connectivity index (χ1) is 17.6. The molecule has 0 aliphatic heterocycles. The Bertz CT molecular complexity index is 938. The summed E-state index contributed by atoms with van der Waals surface area (Å²) in [5, 5.41) is 9.01. The van der Waals surface area contributed by atoms with Crippen molar-refractivity contribution in [1.29, 1.82) is 0 Å². The third-order valence-electron chi connectivity index (χ3n) is 10.1. The van der Waals surface area contributed by atoms with Crippen molar-refractivity contribution < 1.29 is 33.8 Å². The number of unbranched alkanes of at least 4 members (excludes halogenated alkanes) is 3. The normalized spacial score (nSPS) is 36.6. The van der Waals surface area contributed by atoms with E-state index < -0.39 is 18.0 Å². The summed E-state index contributed by atoms with van der Waals surface area (Å²) in [6, 6.07) is 0. The number of carboxylic acid groups (broad SMARTS) is 1. The molecule has 37 heavy (non-hydrogen) atoms. The van der Waals surface area contributed by atoms with Crippen molar-refractivity contribution in [1.82, 2.24) is 0 Å². The van der Waals surface area contributed by atoms with Gasteiger partial charge in [0.15, 0.2) is 0 Å². The van der Waals surface area contributed by atoms with Crippen LogP contribution < -0.4 is 0 Å². The van der Waals surface area contributed by atoms with Crippen molar-refractivity contribution in [3.8, 4) is 0 Å².